The molecule has 2 aliphatic rings. The Balaban J connectivity index is 0.000000449. The predicted octanol–water partition coefficient (Wildman–Crippen LogP) is 1.54. The van der Waals surface area contributed by atoms with E-state index in [1.54, 1.807) is 11.3 Å². The molecular weight excluding hydrogens is 411 g/mol. The summed E-state index contributed by atoms with van der Waals surface area (Å²) in [5.74, 6) is 0.990. The summed E-state index contributed by atoms with van der Waals surface area (Å²) < 4.78 is 25.6. The molecule has 0 aromatic carbocycles. The topological polar surface area (TPSA) is 109 Å². The third kappa shape index (κ3) is 8.67. The lowest BCUT2D eigenvalue weighted by Gasteiger charge is -2.39. The minimum atomic E-state index is -2.74. The second-order valence-corrected chi connectivity index (χ2v) is 10.8. The summed E-state index contributed by atoms with van der Waals surface area (Å²) in [6.45, 7) is 8.35. The van der Waals surface area contributed by atoms with Crippen LogP contribution < -0.4 is 9.98 Å². The first-order valence-corrected chi connectivity index (χ1v) is 12.9. The van der Waals surface area contributed by atoms with Gasteiger partial charge in [0.05, 0.1) is 19.8 Å². The molecular formula is C13H31Cl2N3O5P2. The number of halogens is 2. The number of nitrogens with zero attached hydrogens (tertiary/aromatic N) is 2. The highest BCUT2D eigenvalue weighted by Crippen LogP contribution is 2.51. The first-order chi connectivity index (χ1) is 11.4. The van der Waals surface area contributed by atoms with Gasteiger partial charge in [-0.15, -0.1) is 27.9 Å². The zero-order chi connectivity index (χ0) is 18.1. The second kappa shape index (κ2) is 13.2. The number of rotatable bonds is 6. The molecule has 12 heteroatoms. The summed E-state index contributed by atoms with van der Waals surface area (Å²) in [4.78, 5) is 12.1. The molecule has 2 unspecified atom stereocenters. The third-order valence-corrected chi connectivity index (χ3v) is 8.54. The lowest BCUT2D eigenvalue weighted by molar-refractivity contribution is -0.213. The van der Waals surface area contributed by atoms with Crippen molar-refractivity contribution >= 4 is 38.7 Å². The fourth-order valence-corrected chi connectivity index (χ4v) is 6.67. The molecule has 0 aliphatic carbocycles. The maximum Gasteiger partial charge on any atom is 0.269 e. The quantitative estimate of drug-likeness (QED) is 0.491. The van der Waals surface area contributed by atoms with Crippen molar-refractivity contribution < 1.29 is 24.0 Å². The summed E-state index contributed by atoms with van der Waals surface area (Å²) in [5.41, 5.74) is 0. The minimum Gasteiger partial charge on any atom is -0.626 e. The highest BCUT2D eigenvalue weighted by atomic mass is 35.5. The Hall–Kier alpha value is 0.960. The summed E-state index contributed by atoms with van der Waals surface area (Å²) >= 11 is 11.2. The third-order valence-electron chi connectivity index (χ3n) is 3.73. The molecule has 2 saturated heterocycles. The molecule has 0 aromatic heterocycles. The normalized spacial score (nSPS) is 30.3. The lowest BCUT2D eigenvalue weighted by Crippen LogP contribution is -2.45. The molecule has 0 bridgehead atoms. The van der Waals surface area contributed by atoms with Gasteiger partial charge in [-0.1, -0.05) is 0 Å². The van der Waals surface area contributed by atoms with Gasteiger partial charge in [0.15, 0.2) is 0 Å². The van der Waals surface area contributed by atoms with Gasteiger partial charge in [0.25, 0.3) is 7.52 Å². The van der Waals surface area contributed by atoms with Crippen molar-refractivity contribution in [1.29, 1.82) is 0 Å². The van der Waals surface area contributed by atoms with E-state index >= 15 is 0 Å². The van der Waals surface area contributed by atoms with Crippen molar-refractivity contribution in [3.05, 3.63) is 0 Å². The summed E-state index contributed by atoms with van der Waals surface area (Å²) in [7, 11) is -5.21. The molecule has 0 spiro atoms. The molecule has 8 nitrogen and oxygen atoms in total. The van der Waals surface area contributed by atoms with Crippen molar-refractivity contribution in [2.45, 2.75) is 19.8 Å². The van der Waals surface area contributed by atoms with Crippen molar-refractivity contribution in [3.63, 3.8) is 0 Å². The first-order valence-electron chi connectivity index (χ1n) is 8.24. The SMILES string of the molecule is CCN(CCCl)[P+]1([O-])NCCCO1.CP1(=O)OCCCN1CCCl.O. The second-order valence-electron chi connectivity index (χ2n) is 5.48. The summed E-state index contributed by atoms with van der Waals surface area (Å²) in [6.07, 6.45) is 1.87. The Morgan fingerprint density at radius 3 is 2.52 bits per heavy atom. The van der Waals surface area contributed by atoms with Gasteiger partial charge in [-0.05, 0) is 19.8 Å². The molecule has 0 radical (unpaired) electrons. The van der Waals surface area contributed by atoms with Crippen LogP contribution in [-0.4, -0.2) is 79.2 Å². The van der Waals surface area contributed by atoms with Crippen LogP contribution in [0.2, 0.25) is 0 Å². The first kappa shape index (κ1) is 26.0. The van der Waals surface area contributed by atoms with E-state index in [1.807, 2.05) is 11.6 Å². The molecule has 2 rings (SSSR count). The molecule has 2 heterocycles. The number of hydrogen-bond donors (Lipinski definition) is 1. The van der Waals surface area contributed by atoms with Crippen LogP contribution in [-0.2, 0) is 13.6 Å². The molecule has 3 N–H and O–H groups in total. The Labute approximate surface area is 161 Å². The van der Waals surface area contributed by atoms with Gasteiger partial charge in [-0.3, -0.25) is 4.57 Å². The molecule has 2 atom stereocenters. The lowest BCUT2D eigenvalue weighted by atomic mass is 10.4. The predicted molar refractivity (Wildman–Crippen MR) is 103 cm³/mol. The zero-order valence-electron chi connectivity index (χ0n) is 15.0. The fourth-order valence-electron chi connectivity index (χ4n) is 2.42. The Morgan fingerprint density at radius 2 is 2.04 bits per heavy atom. The summed E-state index contributed by atoms with van der Waals surface area (Å²) in [5, 5.41) is 2.93. The highest BCUT2D eigenvalue weighted by Gasteiger charge is 2.37. The summed E-state index contributed by atoms with van der Waals surface area (Å²) in [6, 6.07) is 0. The van der Waals surface area contributed by atoms with E-state index in [9.17, 15) is 9.46 Å². The number of alkyl halides is 2. The minimum absolute atomic E-state index is 0. The van der Waals surface area contributed by atoms with Crippen molar-refractivity contribution in [2.24, 2.45) is 0 Å². The monoisotopic (exact) mass is 441 g/mol. The smallest absolute Gasteiger partial charge is 0.269 e. The average molecular weight is 442 g/mol. The van der Waals surface area contributed by atoms with E-state index in [2.05, 4.69) is 5.09 Å². The van der Waals surface area contributed by atoms with Gasteiger partial charge in [0, 0.05) is 44.6 Å². The van der Waals surface area contributed by atoms with Gasteiger partial charge < -0.3 is 14.9 Å². The van der Waals surface area contributed by atoms with E-state index in [4.69, 9.17) is 32.2 Å². The van der Waals surface area contributed by atoms with E-state index in [-0.39, 0.29) is 5.48 Å². The van der Waals surface area contributed by atoms with E-state index in [0.29, 0.717) is 44.6 Å². The maximum absolute atomic E-state index is 12.1. The van der Waals surface area contributed by atoms with Crippen molar-refractivity contribution in [2.75, 3.05) is 64.4 Å². The number of hydrogen-bond acceptors (Lipinski definition) is 6. The maximum atomic E-state index is 12.1. The van der Waals surface area contributed by atoms with Crippen LogP contribution >= 0.6 is 38.7 Å². The van der Waals surface area contributed by atoms with Gasteiger partial charge in [-0.25, -0.2) is 9.19 Å². The zero-order valence-corrected chi connectivity index (χ0v) is 18.3. The molecule has 0 aromatic rings. The van der Waals surface area contributed by atoms with Crippen LogP contribution in [0.1, 0.15) is 19.8 Å². The number of nitrogens with one attached hydrogen (secondary N) is 1. The standard InChI is InChI=1S/C7H16ClN2O2P.C6H13ClNO2P.H2O/c1-2-10(6-4-8)13(11)9-5-3-7-12-13;1-11(9)8(5-3-7)4-2-6-10-11;/h2-7H2,1H3,(H,9,11);2-6H2,1H3;1H2. The van der Waals surface area contributed by atoms with Crippen LogP contribution in [0.3, 0.4) is 0 Å². The van der Waals surface area contributed by atoms with Crippen LogP contribution in [0, 0.1) is 0 Å². The fraction of sp³-hybridized carbons (Fsp3) is 1.00. The van der Waals surface area contributed by atoms with Crippen LogP contribution in [0.5, 0.6) is 0 Å². The molecule has 2 fully saturated rings. The van der Waals surface area contributed by atoms with Gasteiger partial charge in [0.1, 0.15) is 0 Å². The molecule has 2 aliphatic heterocycles. The Kier molecular flexibility index (Phi) is 13.7. The van der Waals surface area contributed by atoms with Gasteiger partial charge in [0.2, 0.25) is 8.02 Å². The Bertz CT molecular complexity index is 404. The molecule has 152 valence electrons. The van der Waals surface area contributed by atoms with Gasteiger partial charge in [-0.2, -0.15) is 5.09 Å². The van der Waals surface area contributed by atoms with E-state index < -0.39 is 15.5 Å². The van der Waals surface area contributed by atoms with E-state index in [0.717, 1.165) is 25.9 Å². The molecule has 25 heavy (non-hydrogen) atoms. The average Bonchev–Trinajstić information content (AvgIpc) is 2.56. The van der Waals surface area contributed by atoms with Crippen LogP contribution in [0.25, 0.3) is 0 Å². The Morgan fingerprint density at radius 1 is 1.32 bits per heavy atom. The highest BCUT2D eigenvalue weighted by molar-refractivity contribution is 7.59. The van der Waals surface area contributed by atoms with Crippen molar-refractivity contribution in [1.82, 2.24) is 14.4 Å². The van der Waals surface area contributed by atoms with Crippen LogP contribution in [0.15, 0.2) is 0 Å². The van der Waals surface area contributed by atoms with Gasteiger partial charge >= 0.3 is 0 Å². The van der Waals surface area contributed by atoms with Crippen molar-refractivity contribution in [3.8, 4) is 0 Å². The largest absolute Gasteiger partial charge is 0.626 e. The van der Waals surface area contributed by atoms with E-state index in [1.165, 1.54) is 0 Å². The molecule has 0 saturated carbocycles. The molecule has 0 amide bonds. The van der Waals surface area contributed by atoms with Crippen LogP contribution in [0.4, 0.5) is 0 Å².